The van der Waals surface area contributed by atoms with E-state index in [4.69, 9.17) is 10.8 Å². The van der Waals surface area contributed by atoms with Crippen molar-refractivity contribution >= 4 is 0 Å². The topological polar surface area (TPSA) is 49.5 Å². The highest BCUT2D eigenvalue weighted by molar-refractivity contribution is 4.92. The van der Waals surface area contributed by atoms with Crippen LogP contribution in [0.1, 0.15) is 12.8 Å². The molecule has 4 atom stereocenters. The summed E-state index contributed by atoms with van der Waals surface area (Å²) < 4.78 is 0. The zero-order chi connectivity index (χ0) is 8.55. The molecule has 12 heavy (non-hydrogen) atoms. The van der Waals surface area contributed by atoms with Crippen LogP contribution in [-0.4, -0.2) is 42.3 Å². The summed E-state index contributed by atoms with van der Waals surface area (Å²) in [4.78, 5) is 2.45. The van der Waals surface area contributed by atoms with Crippen molar-refractivity contribution in [2.75, 3.05) is 26.2 Å². The van der Waals surface area contributed by atoms with Crippen molar-refractivity contribution in [3.63, 3.8) is 0 Å². The Balaban J connectivity index is 2.01. The lowest BCUT2D eigenvalue weighted by Gasteiger charge is -2.49. The van der Waals surface area contributed by atoms with Crippen molar-refractivity contribution in [1.82, 2.24) is 4.90 Å². The van der Waals surface area contributed by atoms with E-state index in [1.807, 2.05) is 0 Å². The number of hydrogen-bond acceptors (Lipinski definition) is 3. The van der Waals surface area contributed by atoms with Gasteiger partial charge >= 0.3 is 0 Å². The molecular weight excluding hydrogens is 152 g/mol. The zero-order valence-electron chi connectivity index (χ0n) is 7.45. The Bertz CT molecular complexity index is 145. The number of rotatable bonds is 2. The average Bonchev–Trinajstić information content (AvgIpc) is 2.18. The van der Waals surface area contributed by atoms with Crippen LogP contribution in [0.15, 0.2) is 0 Å². The minimum Gasteiger partial charge on any atom is -0.396 e. The fourth-order valence-electron chi connectivity index (χ4n) is 2.70. The smallest absolute Gasteiger partial charge is 0.0474 e. The number of nitrogens with two attached hydrogens (primary N) is 1. The van der Waals surface area contributed by atoms with Crippen LogP contribution >= 0.6 is 0 Å². The molecule has 70 valence electrons. The maximum atomic E-state index is 9.11. The standard InChI is InChI=1S/C9H18N2O/c10-4-9-3-7-1-2-11(9)5-8(7)6-12/h7-9,12H,1-6,10H2/t7-,8+,9+/m0/s1. The minimum absolute atomic E-state index is 0.360. The van der Waals surface area contributed by atoms with Gasteiger partial charge in [-0.15, -0.1) is 0 Å². The van der Waals surface area contributed by atoms with Crippen molar-refractivity contribution in [3.05, 3.63) is 0 Å². The van der Waals surface area contributed by atoms with Crippen LogP contribution in [0.3, 0.4) is 0 Å². The van der Waals surface area contributed by atoms with Crippen LogP contribution in [0.25, 0.3) is 0 Å². The Morgan fingerprint density at radius 2 is 2.33 bits per heavy atom. The molecule has 0 aliphatic carbocycles. The molecule has 3 N–H and O–H groups in total. The molecule has 1 unspecified atom stereocenters. The molecule has 0 aromatic rings. The molecule has 0 aromatic heterocycles. The summed E-state index contributed by atoms with van der Waals surface area (Å²) in [6.45, 7) is 3.42. The van der Waals surface area contributed by atoms with E-state index in [2.05, 4.69) is 4.90 Å². The second-order valence-corrected chi connectivity index (χ2v) is 4.11. The highest BCUT2D eigenvalue weighted by Gasteiger charge is 2.38. The predicted molar refractivity (Wildman–Crippen MR) is 47.7 cm³/mol. The van der Waals surface area contributed by atoms with Gasteiger partial charge in [0.2, 0.25) is 0 Å². The van der Waals surface area contributed by atoms with Gasteiger partial charge in [0.1, 0.15) is 0 Å². The van der Waals surface area contributed by atoms with Crippen LogP contribution in [0.5, 0.6) is 0 Å². The van der Waals surface area contributed by atoms with E-state index in [0.717, 1.165) is 19.0 Å². The monoisotopic (exact) mass is 170 g/mol. The first kappa shape index (κ1) is 8.48. The highest BCUT2D eigenvalue weighted by Crippen LogP contribution is 2.35. The second-order valence-electron chi connectivity index (χ2n) is 4.11. The Morgan fingerprint density at radius 1 is 1.50 bits per heavy atom. The van der Waals surface area contributed by atoms with E-state index in [1.165, 1.54) is 19.4 Å². The summed E-state index contributed by atoms with van der Waals surface area (Å²) in [5.41, 5.74) is 5.67. The molecule has 3 aliphatic rings. The van der Waals surface area contributed by atoms with Crippen molar-refractivity contribution < 1.29 is 5.11 Å². The molecule has 0 saturated carbocycles. The summed E-state index contributed by atoms with van der Waals surface area (Å²) in [6.07, 6.45) is 2.48. The van der Waals surface area contributed by atoms with Crippen molar-refractivity contribution in [3.8, 4) is 0 Å². The lowest BCUT2D eigenvalue weighted by atomic mass is 9.76. The number of nitrogens with zero attached hydrogens (tertiary/aromatic N) is 1. The maximum Gasteiger partial charge on any atom is 0.0474 e. The van der Waals surface area contributed by atoms with Crippen LogP contribution in [-0.2, 0) is 0 Å². The third kappa shape index (κ3) is 1.26. The van der Waals surface area contributed by atoms with Crippen LogP contribution < -0.4 is 5.73 Å². The quantitative estimate of drug-likeness (QED) is 0.595. The molecule has 0 aromatic carbocycles. The van der Waals surface area contributed by atoms with Gasteiger partial charge in [-0.25, -0.2) is 0 Å². The van der Waals surface area contributed by atoms with E-state index >= 15 is 0 Å². The summed E-state index contributed by atoms with van der Waals surface area (Å²) >= 11 is 0. The molecule has 3 rings (SSSR count). The van der Waals surface area contributed by atoms with Crippen LogP contribution in [0, 0.1) is 11.8 Å². The largest absolute Gasteiger partial charge is 0.396 e. The molecule has 3 heterocycles. The van der Waals surface area contributed by atoms with Gasteiger partial charge < -0.3 is 10.8 Å². The van der Waals surface area contributed by atoms with Gasteiger partial charge in [-0.05, 0) is 31.2 Å². The van der Waals surface area contributed by atoms with E-state index in [0.29, 0.717) is 18.6 Å². The zero-order valence-corrected chi connectivity index (χ0v) is 7.45. The SMILES string of the molecule is NC[C@H]1C[C@@H]2CCN1C[C@@H]2CO. The Morgan fingerprint density at radius 3 is 2.83 bits per heavy atom. The molecule has 3 fully saturated rings. The van der Waals surface area contributed by atoms with E-state index < -0.39 is 0 Å². The summed E-state index contributed by atoms with van der Waals surface area (Å²) in [6, 6.07) is 0.603. The lowest BCUT2D eigenvalue weighted by molar-refractivity contribution is -0.0170. The first-order valence-electron chi connectivity index (χ1n) is 4.90. The molecule has 2 bridgehead atoms. The predicted octanol–water partition coefficient (Wildman–Crippen LogP) is -0.352. The normalized spacial score (nSPS) is 46.5. The summed E-state index contributed by atoms with van der Waals surface area (Å²) in [5.74, 6) is 1.27. The molecule has 3 saturated heterocycles. The van der Waals surface area contributed by atoms with Crippen molar-refractivity contribution in [2.45, 2.75) is 18.9 Å². The van der Waals surface area contributed by atoms with E-state index in [9.17, 15) is 0 Å². The third-order valence-corrected chi connectivity index (χ3v) is 3.52. The minimum atomic E-state index is 0.360. The number of aliphatic hydroxyl groups is 1. The molecule has 0 amide bonds. The fourth-order valence-corrected chi connectivity index (χ4v) is 2.70. The van der Waals surface area contributed by atoms with Crippen LogP contribution in [0.4, 0.5) is 0 Å². The van der Waals surface area contributed by atoms with Gasteiger partial charge in [-0.1, -0.05) is 0 Å². The first-order valence-corrected chi connectivity index (χ1v) is 4.90. The second kappa shape index (κ2) is 3.32. The number of hydrogen-bond donors (Lipinski definition) is 2. The fraction of sp³-hybridized carbons (Fsp3) is 1.00. The van der Waals surface area contributed by atoms with E-state index in [-0.39, 0.29) is 0 Å². The molecular formula is C9H18N2O. The van der Waals surface area contributed by atoms with Crippen LogP contribution in [0.2, 0.25) is 0 Å². The summed E-state index contributed by atoms with van der Waals surface area (Å²) in [5, 5.41) is 9.11. The maximum absolute atomic E-state index is 9.11. The van der Waals surface area contributed by atoms with Gasteiger partial charge in [-0.2, -0.15) is 0 Å². The van der Waals surface area contributed by atoms with Gasteiger partial charge in [0.05, 0.1) is 0 Å². The number of piperidine rings is 3. The molecule has 3 nitrogen and oxygen atoms in total. The van der Waals surface area contributed by atoms with Gasteiger partial charge in [0, 0.05) is 25.7 Å². The Labute approximate surface area is 73.5 Å². The number of aliphatic hydroxyl groups excluding tert-OH is 1. The Hall–Kier alpha value is -0.120. The lowest BCUT2D eigenvalue weighted by Crippen LogP contribution is -2.56. The van der Waals surface area contributed by atoms with Gasteiger partial charge in [0.15, 0.2) is 0 Å². The summed E-state index contributed by atoms with van der Waals surface area (Å²) in [7, 11) is 0. The first-order chi connectivity index (χ1) is 5.85. The average molecular weight is 170 g/mol. The van der Waals surface area contributed by atoms with E-state index in [1.54, 1.807) is 0 Å². The molecule has 3 heteroatoms. The van der Waals surface area contributed by atoms with Crippen molar-refractivity contribution in [2.24, 2.45) is 17.6 Å². The molecule has 3 aliphatic heterocycles. The van der Waals surface area contributed by atoms with Gasteiger partial charge in [0.25, 0.3) is 0 Å². The third-order valence-electron chi connectivity index (χ3n) is 3.52. The molecule has 0 radical (unpaired) electrons. The highest BCUT2D eigenvalue weighted by atomic mass is 16.3. The molecule has 0 spiro atoms. The Kier molecular flexibility index (Phi) is 2.35. The van der Waals surface area contributed by atoms with Crippen molar-refractivity contribution in [1.29, 1.82) is 0 Å². The van der Waals surface area contributed by atoms with Gasteiger partial charge in [-0.3, -0.25) is 4.90 Å². The number of fused-ring (bicyclic) bond motifs is 3.